The van der Waals surface area contributed by atoms with Gasteiger partial charge in [0.15, 0.2) is 5.96 Å². The highest BCUT2D eigenvalue weighted by Gasteiger charge is 2.04. The Morgan fingerprint density at radius 3 is 2.70 bits per heavy atom. The third kappa shape index (κ3) is 6.82. The first-order valence-corrected chi connectivity index (χ1v) is 8.53. The average molecular weight is 485 g/mol. The summed E-state index contributed by atoms with van der Waals surface area (Å²) in [5.41, 5.74) is 0.938. The number of aryl methyl sites for hydroxylation is 1. The Labute approximate surface area is 167 Å². The van der Waals surface area contributed by atoms with Crippen molar-refractivity contribution in [2.24, 2.45) is 4.99 Å². The minimum Gasteiger partial charge on any atom is -0.357 e. The first-order valence-electron chi connectivity index (χ1n) is 6.96. The van der Waals surface area contributed by atoms with E-state index in [1.165, 1.54) is 4.88 Å². The van der Waals surface area contributed by atoms with Gasteiger partial charge in [-0.3, -0.25) is 0 Å². The largest absolute Gasteiger partial charge is 0.357 e. The van der Waals surface area contributed by atoms with Crippen LogP contribution in [0.4, 0.5) is 0 Å². The molecule has 1 aromatic carbocycles. The summed E-state index contributed by atoms with van der Waals surface area (Å²) in [5.74, 6) is 0.737. The van der Waals surface area contributed by atoms with Crippen LogP contribution in [0.1, 0.15) is 22.4 Å². The van der Waals surface area contributed by atoms with Crippen molar-refractivity contribution < 1.29 is 0 Å². The van der Waals surface area contributed by atoms with Gasteiger partial charge in [0.25, 0.3) is 0 Å². The fourth-order valence-corrected chi connectivity index (χ4v) is 2.99. The number of aliphatic imine (C=N–C) groups is 1. The molecule has 0 amide bonds. The number of rotatable bonds is 5. The lowest BCUT2D eigenvalue weighted by atomic mass is 10.2. The maximum absolute atomic E-state index is 6.16. The molecule has 0 radical (unpaired) electrons. The normalized spacial score (nSPS) is 11.0. The fourth-order valence-electron chi connectivity index (χ4n) is 1.80. The van der Waals surface area contributed by atoms with Gasteiger partial charge >= 0.3 is 0 Å². The van der Waals surface area contributed by atoms with Crippen molar-refractivity contribution in [1.82, 2.24) is 15.6 Å². The van der Waals surface area contributed by atoms with E-state index in [1.54, 1.807) is 17.4 Å². The van der Waals surface area contributed by atoms with E-state index < -0.39 is 0 Å². The molecule has 2 rings (SSSR count). The number of nitrogens with one attached hydrogen (secondary N) is 2. The SMILES string of the molecule is CCNC(=NCc1ccc(Cl)cc1Cl)NCc1ncc(C)s1.I. The molecule has 1 heterocycles. The van der Waals surface area contributed by atoms with Crippen molar-refractivity contribution in [2.75, 3.05) is 6.54 Å². The van der Waals surface area contributed by atoms with E-state index in [4.69, 9.17) is 23.2 Å². The zero-order valence-corrected chi connectivity index (χ0v) is 17.6. The van der Waals surface area contributed by atoms with E-state index in [-0.39, 0.29) is 24.0 Å². The molecule has 2 N–H and O–H groups in total. The minimum absolute atomic E-state index is 0. The van der Waals surface area contributed by atoms with Crippen LogP contribution in [-0.4, -0.2) is 17.5 Å². The van der Waals surface area contributed by atoms with Crippen LogP contribution in [0.3, 0.4) is 0 Å². The number of aromatic nitrogens is 1. The number of benzene rings is 1. The molecule has 4 nitrogen and oxygen atoms in total. The Bertz CT molecular complexity index is 661. The van der Waals surface area contributed by atoms with Gasteiger partial charge in [0.05, 0.1) is 13.1 Å². The Morgan fingerprint density at radius 1 is 1.30 bits per heavy atom. The molecule has 0 fully saturated rings. The fraction of sp³-hybridized carbons (Fsp3) is 0.333. The molecule has 0 saturated carbocycles. The second kappa shape index (κ2) is 10.3. The third-order valence-corrected chi connectivity index (χ3v) is 4.34. The lowest BCUT2D eigenvalue weighted by Gasteiger charge is -2.10. The molecular formula is C15H19Cl2IN4S. The average Bonchev–Trinajstić information content (AvgIpc) is 2.89. The second-order valence-electron chi connectivity index (χ2n) is 4.65. The molecule has 0 spiro atoms. The van der Waals surface area contributed by atoms with Crippen LogP contribution in [0.25, 0.3) is 0 Å². The van der Waals surface area contributed by atoms with Crippen molar-refractivity contribution in [3.63, 3.8) is 0 Å². The molecule has 0 aliphatic carbocycles. The van der Waals surface area contributed by atoms with Crippen molar-refractivity contribution >= 4 is 64.5 Å². The molecule has 1 aromatic heterocycles. The van der Waals surface area contributed by atoms with Crippen LogP contribution < -0.4 is 10.6 Å². The minimum atomic E-state index is 0. The quantitative estimate of drug-likeness (QED) is 0.369. The van der Waals surface area contributed by atoms with E-state index in [1.807, 2.05) is 32.2 Å². The highest BCUT2D eigenvalue weighted by atomic mass is 127. The Morgan fingerprint density at radius 2 is 2.09 bits per heavy atom. The van der Waals surface area contributed by atoms with Crippen LogP contribution in [0, 0.1) is 6.92 Å². The summed E-state index contributed by atoms with van der Waals surface area (Å²) < 4.78 is 0. The lowest BCUT2D eigenvalue weighted by molar-refractivity contribution is 0.811. The van der Waals surface area contributed by atoms with Crippen molar-refractivity contribution in [2.45, 2.75) is 26.9 Å². The first-order chi connectivity index (χ1) is 10.6. The Hall–Kier alpha value is -0.570. The van der Waals surface area contributed by atoms with Crippen LogP contribution >= 0.6 is 58.5 Å². The highest BCUT2D eigenvalue weighted by molar-refractivity contribution is 14.0. The summed E-state index contributed by atoms with van der Waals surface area (Å²) in [5, 5.41) is 8.77. The van der Waals surface area contributed by atoms with Gasteiger partial charge in [-0.1, -0.05) is 29.3 Å². The molecule has 2 aromatic rings. The number of thiazole rings is 1. The number of halogens is 3. The highest BCUT2D eigenvalue weighted by Crippen LogP contribution is 2.21. The summed E-state index contributed by atoms with van der Waals surface area (Å²) in [4.78, 5) is 10.1. The molecule has 0 bridgehead atoms. The van der Waals surface area contributed by atoms with E-state index in [0.717, 1.165) is 23.1 Å². The monoisotopic (exact) mass is 484 g/mol. The van der Waals surface area contributed by atoms with E-state index in [0.29, 0.717) is 23.1 Å². The predicted molar refractivity (Wildman–Crippen MR) is 110 cm³/mol. The molecule has 0 unspecified atom stereocenters. The van der Waals surface area contributed by atoms with Crippen molar-refractivity contribution in [1.29, 1.82) is 0 Å². The summed E-state index contributed by atoms with van der Waals surface area (Å²) in [6, 6.07) is 5.44. The van der Waals surface area contributed by atoms with Crippen LogP contribution in [0.2, 0.25) is 10.0 Å². The smallest absolute Gasteiger partial charge is 0.191 e. The molecule has 23 heavy (non-hydrogen) atoms. The van der Waals surface area contributed by atoms with Crippen molar-refractivity contribution in [3.8, 4) is 0 Å². The Kier molecular flexibility index (Phi) is 9.19. The topological polar surface area (TPSA) is 49.3 Å². The molecule has 0 aliphatic heterocycles. The lowest BCUT2D eigenvalue weighted by Crippen LogP contribution is -2.36. The Balaban J connectivity index is 0.00000264. The molecule has 0 aliphatic rings. The number of guanidine groups is 1. The van der Waals surface area contributed by atoms with Gasteiger partial charge in [-0.25, -0.2) is 9.98 Å². The predicted octanol–water partition coefficient (Wildman–Crippen LogP) is 4.63. The summed E-state index contributed by atoms with van der Waals surface area (Å²) >= 11 is 13.7. The van der Waals surface area contributed by atoms with Crippen molar-refractivity contribution in [3.05, 3.63) is 49.9 Å². The molecular weight excluding hydrogens is 466 g/mol. The maximum Gasteiger partial charge on any atom is 0.191 e. The zero-order valence-electron chi connectivity index (χ0n) is 12.9. The van der Waals surface area contributed by atoms with E-state index >= 15 is 0 Å². The summed E-state index contributed by atoms with van der Waals surface area (Å²) in [6.45, 7) is 6.00. The van der Waals surface area contributed by atoms with E-state index in [2.05, 4.69) is 20.6 Å². The van der Waals surface area contributed by atoms with Gasteiger partial charge in [-0.05, 0) is 31.5 Å². The van der Waals surface area contributed by atoms with Gasteiger partial charge < -0.3 is 10.6 Å². The van der Waals surface area contributed by atoms with Crippen LogP contribution in [-0.2, 0) is 13.1 Å². The number of hydrogen-bond donors (Lipinski definition) is 2. The first kappa shape index (κ1) is 20.5. The van der Waals surface area contributed by atoms with E-state index in [9.17, 15) is 0 Å². The van der Waals surface area contributed by atoms with Gasteiger partial charge in [-0.2, -0.15) is 0 Å². The molecule has 126 valence electrons. The summed E-state index contributed by atoms with van der Waals surface area (Å²) in [7, 11) is 0. The van der Waals surface area contributed by atoms with Crippen LogP contribution in [0.15, 0.2) is 29.4 Å². The van der Waals surface area contributed by atoms with Crippen LogP contribution in [0.5, 0.6) is 0 Å². The zero-order chi connectivity index (χ0) is 15.9. The number of nitrogens with zero attached hydrogens (tertiary/aromatic N) is 2. The molecule has 8 heteroatoms. The van der Waals surface area contributed by atoms with Gasteiger partial charge in [0, 0.05) is 27.7 Å². The van der Waals surface area contributed by atoms with Gasteiger partial charge in [0.2, 0.25) is 0 Å². The molecule has 0 saturated heterocycles. The number of hydrogen-bond acceptors (Lipinski definition) is 3. The third-order valence-electron chi connectivity index (χ3n) is 2.84. The molecule has 0 atom stereocenters. The second-order valence-corrected chi connectivity index (χ2v) is 6.81. The maximum atomic E-state index is 6.16. The van der Waals surface area contributed by atoms with Gasteiger partial charge in [0.1, 0.15) is 5.01 Å². The standard InChI is InChI=1S/C15H18Cl2N4S.HI/c1-3-18-15(21-9-14-19-7-10(2)22-14)20-8-11-4-5-12(16)6-13(11)17;/h4-7H,3,8-9H2,1-2H3,(H2,18,20,21);1H. The summed E-state index contributed by atoms with van der Waals surface area (Å²) in [6.07, 6.45) is 1.87. The van der Waals surface area contributed by atoms with Gasteiger partial charge in [-0.15, -0.1) is 35.3 Å².